The SMILES string of the molecule is CCNC(=O)Nc1ccc2ncc(-c3csc(C(=O)OCC)c3)nc2n1. The molecular weight excluding hydrogens is 354 g/mol. The molecule has 0 radical (unpaired) electrons. The fourth-order valence-corrected chi connectivity index (χ4v) is 3.00. The summed E-state index contributed by atoms with van der Waals surface area (Å²) in [7, 11) is 0. The summed E-state index contributed by atoms with van der Waals surface area (Å²) in [4.78, 5) is 37.1. The van der Waals surface area contributed by atoms with Gasteiger partial charge < -0.3 is 10.1 Å². The zero-order valence-electron chi connectivity index (χ0n) is 14.3. The second kappa shape index (κ2) is 7.87. The number of esters is 1. The van der Waals surface area contributed by atoms with Crippen molar-refractivity contribution in [1.82, 2.24) is 20.3 Å². The molecule has 0 aliphatic rings. The fourth-order valence-electron chi connectivity index (χ4n) is 2.21. The first kappa shape index (κ1) is 17.7. The molecule has 3 aromatic heterocycles. The van der Waals surface area contributed by atoms with Crippen LogP contribution in [0, 0.1) is 0 Å². The van der Waals surface area contributed by atoms with Crippen LogP contribution in [0.15, 0.2) is 29.8 Å². The van der Waals surface area contributed by atoms with Crippen LogP contribution in [0.4, 0.5) is 10.6 Å². The van der Waals surface area contributed by atoms with Crippen LogP contribution >= 0.6 is 11.3 Å². The highest BCUT2D eigenvalue weighted by atomic mass is 32.1. The highest BCUT2D eigenvalue weighted by Crippen LogP contribution is 2.25. The minimum atomic E-state index is -0.357. The minimum Gasteiger partial charge on any atom is -0.462 e. The molecule has 3 rings (SSSR count). The van der Waals surface area contributed by atoms with E-state index in [2.05, 4.69) is 25.6 Å². The maximum Gasteiger partial charge on any atom is 0.348 e. The van der Waals surface area contributed by atoms with Gasteiger partial charge in [-0.2, -0.15) is 0 Å². The molecular formula is C17H17N5O3S. The number of nitrogens with zero attached hydrogens (tertiary/aromatic N) is 3. The molecule has 3 heterocycles. The van der Waals surface area contributed by atoms with E-state index in [0.29, 0.717) is 40.7 Å². The van der Waals surface area contributed by atoms with E-state index in [1.54, 1.807) is 31.3 Å². The maximum absolute atomic E-state index is 11.8. The number of pyridine rings is 1. The third-order valence-electron chi connectivity index (χ3n) is 3.36. The second-order valence-corrected chi connectivity index (χ2v) is 6.11. The van der Waals surface area contributed by atoms with Crippen LogP contribution in [0.25, 0.3) is 22.4 Å². The lowest BCUT2D eigenvalue weighted by Crippen LogP contribution is -2.28. The molecule has 0 saturated heterocycles. The lowest BCUT2D eigenvalue weighted by molar-refractivity contribution is 0.0532. The molecule has 0 saturated carbocycles. The Morgan fingerprint density at radius 1 is 1.23 bits per heavy atom. The van der Waals surface area contributed by atoms with Crippen LogP contribution < -0.4 is 10.6 Å². The van der Waals surface area contributed by atoms with Gasteiger partial charge in [0.2, 0.25) is 0 Å². The molecule has 3 aromatic rings. The van der Waals surface area contributed by atoms with Crippen LogP contribution in [0.5, 0.6) is 0 Å². The number of thiophene rings is 1. The van der Waals surface area contributed by atoms with Gasteiger partial charge in [-0.15, -0.1) is 11.3 Å². The van der Waals surface area contributed by atoms with Gasteiger partial charge in [0.1, 0.15) is 16.2 Å². The van der Waals surface area contributed by atoms with Gasteiger partial charge >= 0.3 is 12.0 Å². The van der Waals surface area contributed by atoms with Gasteiger partial charge in [0.05, 0.1) is 18.5 Å². The summed E-state index contributed by atoms with van der Waals surface area (Å²) < 4.78 is 5.00. The van der Waals surface area contributed by atoms with E-state index in [1.165, 1.54) is 11.3 Å². The van der Waals surface area contributed by atoms with E-state index in [1.807, 2.05) is 12.3 Å². The number of rotatable bonds is 5. The third-order valence-corrected chi connectivity index (χ3v) is 4.27. The van der Waals surface area contributed by atoms with Crippen molar-refractivity contribution in [3.63, 3.8) is 0 Å². The number of aromatic nitrogens is 3. The van der Waals surface area contributed by atoms with Crippen LogP contribution in [-0.4, -0.2) is 40.1 Å². The Hall–Kier alpha value is -3.07. The van der Waals surface area contributed by atoms with Crippen LogP contribution in [0.1, 0.15) is 23.5 Å². The number of amides is 2. The average molecular weight is 371 g/mol. The predicted octanol–water partition coefficient (Wildman–Crippen LogP) is 3.07. The van der Waals surface area contributed by atoms with E-state index >= 15 is 0 Å². The number of fused-ring (bicyclic) bond motifs is 1. The number of ether oxygens (including phenoxy) is 1. The Labute approximate surface area is 153 Å². The number of anilines is 1. The monoisotopic (exact) mass is 371 g/mol. The summed E-state index contributed by atoms with van der Waals surface area (Å²) in [6.07, 6.45) is 1.62. The minimum absolute atomic E-state index is 0.327. The normalized spacial score (nSPS) is 10.5. The van der Waals surface area contributed by atoms with Crippen molar-refractivity contribution in [2.75, 3.05) is 18.5 Å². The van der Waals surface area contributed by atoms with Gasteiger partial charge in [-0.3, -0.25) is 10.3 Å². The van der Waals surface area contributed by atoms with Crippen molar-refractivity contribution in [3.8, 4) is 11.3 Å². The van der Waals surface area contributed by atoms with E-state index < -0.39 is 0 Å². The molecule has 26 heavy (non-hydrogen) atoms. The highest BCUT2D eigenvalue weighted by Gasteiger charge is 2.13. The summed E-state index contributed by atoms with van der Waals surface area (Å²) in [5, 5.41) is 7.09. The van der Waals surface area contributed by atoms with Gasteiger partial charge in [-0.1, -0.05) is 0 Å². The zero-order chi connectivity index (χ0) is 18.5. The quantitative estimate of drug-likeness (QED) is 0.668. The molecule has 0 aromatic carbocycles. The van der Waals surface area contributed by atoms with Gasteiger partial charge in [0, 0.05) is 17.5 Å². The summed E-state index contributed by atoms with van der Waals surface area (Å²) in [5.41, 5.74) is 2.36. The Bertz CT molecular complexity index is 956. The summed E-state index contributed by atoms with van der Waals surface area (Å²) in [6, 6.07) is 4.78. The Morgan fingerprint density at radius 2 is 2.08 bits per heavy atom. The summed E-state index contributed by atoms with van der Waals surface area (Å²) >= 11 is 1.29. The smallest absolute Gasteiger partial charge is 0.348 e. The summed E-state index contributed by atoms with van der Waals surface area (Å²) in [5.74, 6) is 0.0245. The van der Waals surface area contributed by atoms with E-state index in [9.17, 15) is 9.59 Å². The molecule has 2 N–H and O–H groups in total. The fraction of sp³-hybridized carbons (Fsp3) is 0.235. The van der Waals surface area contributed by atoms with Gasteiger partial charge in [0.25, 0.3) is 0 Å². The topological polar surface area (TPSA) is 106 Å². The third kappa shape index (κ3) is 3.94. The van der Waals surface area contributed by atoms with E-state index in [-0.39, 0.29) is 12.0 Å². The Kier molecular flexibility index (Phi) is 5.37. The number of urea groups is 1. The van der Waals surface area contributed by atoms with E-state index in [4.69, 9.17) is 4.74 Å². The second-order valence-electron chi connectivity index (χ2n) is 5.20. The van der Waals surface area contributed by atoms with Crippen molar-refractivity contribution in [3.05, 3.63) is 34.7 Å². The van der Waals surface area contributed by atoms with Crippen molar-refractivity contribution >= 4 is 40.3 Å². The molecule has 0 unspecified atom stereocenters. The number of hydrogen-bond acceptors (Lipinski definition) is 7. The Morgan fingerprint density at radius 3 is 2.85 bits per heavy atom. The van der Waals surface area contributed by atoms with Gasteiger partial charge in [-0.25, -0.2) is 19.6 Å². The van der Waals surface area contributed by atoms with Crippen molar-refractivity contribution in [1.29, 1.82) is 0 Å². The number of nitrogens with one attached hydrogen (secondary N) is 2. The molecule has 0 fully saturated rings. The van der Waals surface area contributed by atoms with Crippen LogP contribution in [0.2, 0.25) is 0 Å². The average Bonchev–Trinajstić information content (AvgIpc) is 3.12. The predicted molar refractivity (Wildman–Crippen MR) is 99.3 cm³/mol. The highest BCUT2D eigenvalue weighted by molar-refractivity contribution is 7.12. The lowest BCUT2D eigenvalue weighted by atomic mass is 10.2. The number of hydrogen-bond donors (Lipinski definition) is 2. The summed E-state index contributed by atoms with van der Waals surface area (Å²) in [6.45, 7) is 4.44. The Balaban J connectivity index is 1.88. The number of carbonyl (C=O) groups is 2. The molecule has 0 aliphatic carbocycles. The standard InChI is InChI=1S/C17H17N5O3S/c1-3-18-17(24)22-14-6-5-11-15(21-14)20-12(8-19-11)10-7-13(26-9-10)16(23)25-4-2/h5-9H,3-4H2,1-2H3,(H2,18,20,21,22,24). The largest absolute Gasteiger partial charge is 0.462 e. The van der Waals surface area contributed by atoms with E-state index in [0.717, 1.165) is 5.56 Å². The molecule has 0 spiro atoms. The molecule has 2 amide bonds. The first-order valence-corrected chi connectivity index (χ1v) is 8.93. The zero-order valence-corrected chi connectivity index (χ0v) is 15.1. The lowest BCUT2D eigenvalue weighted by Gasteiger charge is -2.06. The van der Waals surface area contributed by atoms with Crippen LogP contribution in [-0.2, 0) is 4.74 Å². The van der Waals surface area contributed by atoms with Gasteiger partial charge in [0.15, 0.2) is 5.65 Å². The molecule has 8 nitrogen and oxygen atoms in total. The van der Waals surface area contributed by atoms with Crippen molar-refractivity contribution < 1.29 is 14.3 Å². The van der Waals surface area contributed by atoms with Crippen LogP contribution in [0.3, 0.4) is 0 Å². The maximum atomic E-state index is 11.8. The molecule has 0 aliphatic heterocycles. The molecule has 0 bridgehead atoms. The van der Waals surface area contributed by atoms with Crippen molar-refractivity contribution in [2.45, 2.75) is 13.8 Å². The molecule has 0 atom stereocenters. The first-order valence-electron chi connectivity index (χ1n) is 8.05. The number of carbonyl (C=O) groups excluding carboxylic acids is 2. The molecule has 9 heteroatoms. The molecule has 134 valence electrons. The van der Waals surface area contributed by atoms with Gasteiger partial charge in [-0.05, 0) is 32.0 Å². The first-order chi connectivity index (χ1) is 12.6. The van der Waals surface area contributed by atoms with Crippen molar-refractivity contribution in [2.24, 2.45) is 0 Å².